The molecule has 78 valence electrons. The molecule has 0 amide bonds. The third kappa shape index (κ3) is 5.92. The Morgan fingerprint density at radius 1 is 1.14 bits per heavy atom. The van der Waals surface area contributed by atoms with Gasteiger partial charge in [0.25, 0.3) is 0 Å². The summed E-state index contributed by atoms with van der Waals surface area (Å²) in [5, 5.41) is 0. The molecule has 0 saturated heterocycles. The number of hydrogen-bond acceptors (Lipinski definition) is 1. The van der Waals surface area contributed by atoms with E-state index in [2.05, 4.69) is 29.8 Å². The third-order valence-corrected chi connectivity index (χ3v) is 2.28. The van der Waals surface area contributed by atoms with E-state index >= 15 is 0 Å². The second kappa shape index (κ2) is 7.74. The van der Waals surface area contributed by atoms with E-state index in [-0.39, 0.29) is 5.78 Å². The topological polar surface area (TPSA) is 17.1 Å². The molecule has 1 nitrogen and oxygen atoms in total. The van der Waals surface area contributed by atoms with Gasteiger partial charge < -0.3 is 0 Å². The fraction of sp³-hybridized carbons (Fsp3) is 0.417. The number of hydrogen-bond donors (Lipinski definition) is 0. The highest BCUT2D eigenvalue weighted by Crippen LogP contribution is 2.10. The van der Waals surface area contributed by atoms with Crippen LogP contribution >= 0.6 is 15.9 Å². The maximum atomic E-state index is 10.7. The van der Waals surface area contributed by atoms with Gasteiger partial charge in [0.15, 0.2) is 5.78 Å². The van der Waals surface area contributed by atoms with Crippen molar-refractivity contribution in [3.63, 3.8) is 0 Å². The van der Waals surface area contributed by atoms with Crippen molar-refractivity contribution in [1.82, 2.24) is 0 Å². The molecule has 0 aliphatic carbocycles. The summed E-state index contributed by atoms with van der Waals surface area (Å²) in [6.07, 6.45) is 2.64. The van der Waals surface area contributed by atoms with Crippen molar-refractivity contribution in [2.75, 3.05) is 0 Å². The molecule has 0 aliphatic rings. The SMILES string of the molecule is CC(=O)c1ccc(Br)cc1.CCCC. The van der Waals surface area contributed by atoms with E-state index in [1.54, 1.807) is 19.1 Å². The molecule has 1 rings (SSSR count). The van der Waals surface area contributed by atoms with Crippen LogP contribution in [0.3, 0.4) is 0 Å². The first kappa shape index (κ1) is 13.4. The highest BCUT2D eigenvalue weighted by atomic mass is 79.9. The van der Waals surface area contributed by atoms with Crippen LogP contribution in [0.4, 0.5) is 0 Å². The molecule has 0 aromatic heterocycles. The standard InChI is InChI=1S/C8H7BrO.C4H10/c1-6(10)7-2-4-8(9)5-3-7;1-3-4-2/h2-5H,1H3;3-4H2,1-2H3. The molecule has 0 unspecified atom stereocenters. The summed E-state index contributed by atoms with van der Waals surface area (Å²) in [6, 6.07) is 7.31. The van der Waals surface area contributed by atoms with Crippen LogP contribution in [0, 0.1) is 0 Å². The Labute approximate surface area is 94.7 Å². The minimum atomic E-state index is 0.104. The summed E-state index contributed by atoms with van der Waals surface area (Å²) < 4.78 is 0.998. The number of ketones is 1. The third-order valence-electron chi connectivity index (χ3n) is 1.75. The molecule has 1 aromatic rings. The smallest absolute Gasteiger partial charge is 0.159 e. The van der Waals surface area contributed by atoms with Crippen LogP contribution in [-0.4, -0.2) is 5.78 Å². The Morgan fingerprint density at radius 3 is 1.86 bits per heavy atom. The van der Waals surface area contributed by atoms with Crippen molar-refractivity contribution in [2.24, 2.45) is 0 Å². The van der Waals surface area contributed by atoms with Gasteiger partial charge in [0.05, 0.1) is 0 Å². The molecule has 0 saturated carbocycles. The fourth-order valence-corrected chi connectivity index (χ4v) is 0.949. The van der Waals surface area contributed by atoms with E-state index < -0.39 is 0 Å². The van der Waals surface area contributed by atoms with E-state index in [1.807, 2.05) is 12.1 Å². The summed E-state index contributed by atoms with van der Waals surface area (Å²) in [5.41, 5.74) is 0.753. The second-order valence-electron chi connectivity index (χ2n) is 3.06. The maximum absolute atomic E-state index is 10.7. The van der Waals surface area contributed by atoms with E-state index in [1.165, 1.54) is 12.8 Å². The van der Waals surface area contributed by atoms with Gasteiger partial charge in [-0.2, -0.15) is 0 Å². The number of carbonyl (C=O) groups excluding carboxylic acids is 1. The van der Waals surface area contributed by atoms with Crippen molar-refractivity contribution < 1.29 is 4.79 Å². The molecule has 14 heavy (non-hydrogen) atoms. The fourth-order valence-electron chi connectivity index (χ4n) is 0.685. The van der Waals surface area contributed by atoms with Gasteiger partial charge in [0.1, 0.15) is 0 Å². The van der Waals surface area contributed by atoms with Gasteiger partial charge in [0.2, 0.25) is 0 Å². The van der Waals surface area contributed by atoms with Gasteiger partial charge >= 0.3 is 0 Å². The summed E-state index contributed by atoms with van der Waals surface area (Å²) in [4.78, 5) is 10.7. The Hall–Kier alpha value is -0.630. The molecule has 0 spiro atoms. The van der Waals surface area contributed by atoms with Crippen LogP contribution in [0.2, 0.25) is 0 Å². The van der Waals surface area contributed by atoms with Crippen molar-refractivity contribution in [1.29, 1.82) is 0 Å². The van der Waals surface area contributed by atoms with Crippen molar-refractivity contribution >= 4 is 21.7 Å². The number of halogens is 1. The Balaban J connectivity index is 0.000000364. The zero-order chi connectivity index (χ0) is 11.0. The number of Topliss-reactive ketones (excluding diaryl/α,β-unsaturated/α-hetero) is 1. The summed E-state index contributed by atoms with van der Waals surface area (Å²) in [6.45, 7) is 5.92. The summed E-state index contributed by atoms with van der Waals surface area (Å²) >= 11 is 3.28. The lowest BCUT2D eigenvalue weighted by Crippen LogP contribution is -1.89. The molecule has 0 N–H and O–H groups in total. The van der Waals surface area contributed by atoms with Crippen molar-refractivity contribution in [3.8, 4) is 0 Å². The lowest BCUT2D eigenvalue weighted by molar-refractivity contribution is 0.101. The largest absolute Gasteiger partial charge is 0.295 e. The predicted molar refractivity (Wildman–Crippen MR) is 64.7 cm³/mol. The Bertz CT molecular complexity index is 262. The van der Waals surface area contributed by atoms with Crippen LogP contribution in [0.15, 0.2) is 28.7 Å². The van der Waals surface area contributed by atoms with Crippen molar-refractivity contribution in [3.05, 3.63) is 34.3 Å². The van der Waals surface area contributed by atoms with Gasteiger partial charge in [-0.15, -0.1) is 0 Å². The predicted octanol–water partition coefficient (Wildman–Crippen LogP) is 4.46. The first-order valence-corrected chi connectivity index (χ1v) is 5.67. The summed E-state index contributed by atoms with van der Waals surface area (Å²) in [7, 11) is 0. The molecular weight excluding hydrogens is 240 g/mol. The molecule has 0 heterocycles. The minimum Gasteiger partial charge on any atom is -0.295 e. The lowest BCUT2D eigenvalue weighted by Gasteiger charge is -1.92. The second-order valence-corrected chi connectivity index (χ2v) is 3.98. The highest BCUT2D eigenvalue weighted by Gasteiger charge is 1.95. The number of benzene rings is 1. The first-order chi connectivity index (χ1) is 6.61. The molecule has 0 aliphatic heterocycles. The Morgan fingerprint density at radius 2 is 1.57 bits per heavy atom. The zero-order valence-electron chi connectivity index (χ0n) is 9.01. The van der Waals surface area contributed by atoms with Gasteiger partial charge in [-0.1, -0.05) is 54.8 Å². The number of carbonyl (C=O) groups is 1. The molecule has 0 atom stereocenters. The number of rotatable bonds is 2. The lowest BCUT2D eigenvalue weighted by atomic mass is 10.2. The van der Waals surface area contributed by atoms with Gasteiger partial charge in [-0.25, -0.2) is 0 Å². The van der Waals surface area contributed by atoms with Gasteiger partial charge in [-0.05, 0) is 19.1 Å². The highest BCUT2D eigenvalue weighted by molar-refractivity contribution is 9.10. The van der Waals surface area contributed by atoms with Crippen molar-refractivity contribution in [2.45, 2.75) is 33.6 Å². The molecule has 1 aromatic carbocycles. The maximum Gasteiger partial charge on any atom is 0.159 e. The average Bonchev–Trinajstić information content (AvgIpc) is 2.19. The quantitative estimate of drug-likeness (QED) is 0.715. The monoisotopic (exact) mass is 256 g/mol. The van der Waals surface area contributed by atoms with Crippen LogP contribution in [-0.2, 0) is 0 Å². The summed E-state index contributed by atoms with van der Waals surface area (Å²) in [5.74, 6) is 0.104. The molecular formula is C12H17BrO. The molecule has 2 heteroatoms. The van der Waals surface area contributed by atoms with Crippen LogP contribution < -0.4 is 0 Å². The van der Waals surface area contributed by atoms with E-state index in [0.717, 1.165) is 10.0 Å². The molecule has 0 radical (unpaired) electrons. The molecule has 0 fully saturated rings. The first-order valence-electron chi connectivity index (χ1n) is 4.88. The van der Waals surface area contributed by atoms with E-state index in [9.17, 15) is 4.79 Å². The van der Waals surface area contributed by atoms with Crippen LogP contribution in [0.25, 0.3) is 0 Å². The minimum absolute atomic E-state index is 0.104. The van der Waals surface area contributed by atoms with E-state index in [0.29, 0.717) is 0 Å². The van der Waals surface area contributed by atoms with Gasteiger partial charge in [-0.3, -0.25) is 4.79 Å². The Kier molecular flexibility index (Phi) is 7.40. The van der Waals surface area contributed by atoms with Gasteiger partial charge in [0, 0.05) is 10.0 Å². The van der Waals surface area contributed by atoms with E-state index in [4.69, 9.17) is 0 Å². The van der Waals surface area contributed by atoms with Crippen LogP contribution in [0.5, 0.6) is 0 Å². The van der Waals surface area contributed by atoms with Crippen LogP contribution in [0.1, 0.15) is 44.0 Å². The average molecular weight is 257 g/mol. The number of unbranched alkanes of at least 4 members (excludes halogenated alkanes) is 1. The molecule has 0 bridgehead atoms. The zero-order valence-corrected chi connectivity index (χ0v) is 10.6. The normalized spacial score (nSPS) is 8.86.